The average Bonchev–Trinajstić information content (AvgIpc) is 0. The first-order valence-electron chi connectivity index (χ1n) is 0. The van der Waals surface area contributed by atoms with Gasteiger partial charge in [0.15, 0.2) is 17.4 Å². The molecule has 0 aromatic rings. The van der Waals surface area contributed by atoms with Crippen molar-refractivity contribution < 1.29 is 124 Å². The van der Waals surface area contributed by atoms with Gasteiger partial charge in [0.2, 0.25) is 0 Å². The maximum Gasteiger partial charge on any atom is 2.00 e. The van der Waals surface area contributed by atoms with Crippen molar-refractivity contribution in [2.75, 3.05) is 0 Å². The molecule has 0 spiro atoms. The van der Waals surface area contributed by atoms with Crippen LogP contribution in [-0.4, -0.2) is 40.4 Å². The number of rotatable bonds is 0. The molecule has 3 radical (unpaired) electrons. The summed E-state index contributed by atoms with van der Waals surface area (Å²) < 4.78 is 0. The fraction of sp³-hybridized carbons (Fsp3) is 0. The third-order valence-electron chi connectivity index (χ3n) is 0. The molecule has 0 amide bonds. The van der Waals surface area contributed by atoms with E-state index in [2.05, 4.69) is 0 Å². The SMILES string of the molecule is [Ag].[AlH3].[Au].[Cu].[H-].[H-].[Mg+2].[Ni].[Pt].[Ti]. The van der Waals surface area contributed by atoms with Crippen LogP contribution >= 0.6 is 0 Å². The Bertz CT molecular complexity index is 31.2. The Kier molecular flexibility index (Phi) is 515. The minimum Gasteiger partial charge on any atom is -1.00 e. The standard InChI is InChI=1S/Ag.Al.Au.Cu.Mg.Ni.Pt.Ti.5H/q;;;;+2;;;;;;;2*-1. The van der Waals surface area contributed by atoms with Crippen LogP contribution in [0.2, 0.25) is 0 Å². The fourth-order valence-electron chi connectivity index (χ4n) is 0. The van der Waals surface area contributed by atoms with Crippen LogP contribution in [0.15, 0.2) is 0 Å². The third kappa shape index (κ3) is 43.1. The molecule has 0 aliphatic rings. The van der Waals surface area contributed by atoms with Gasteiger partial charge in [-0.15, -0.1) is 0 Å². The van der Waals surface area contributed by atoms with E-state index < -0.39 is 0 Å². The largest absolute Gasteiger partial charge is 2.00 e. The molecule has 0 aliphatic carbocycles. The van der Waals surface area contributed by atoms with Gasteiger partial charge in [-0.05, 0) is 0 Å². The topological polar surface area (TPSA) is 0 Å². The molecule has 0 saturated heterocycles. The third-order valence-corrected chi connectivity index (χ3v) is 0. The van der Waals surface area contributed by atoms with Crippen LogP contribution in [-0.2, 0) is 121 Å². The maximum atomic E-state index is 0. The molecule has 0 fully saturated rings. The molecule has 0 saturated carbocycles. The minimum atomic E-state index is 0. The first-order chi connectivity index (χ1) is 0. The van der Waals surface area contributed by atoms with E-state index in [0.29, 0.717) is 0 Å². The Morgan fingerprint density at radius 2 is 1.12 bits per heavy atom. The average molecular weight is 726 g/mol. The normalized spacial score (nSPS) is 0. The summed E-state index contributed by atoms with van der Waals surface area (Å²) in [6.07, 6.45) is 0. The van der Waals surface area contributed by atoms with E-state index in [1.165, 1.54) is 0 Å². The first-order valence-corrected chi connectivity index (χ1v) is 0. The van der Waals surface area contributed by atoms with Gasteiger partial charge in [-0.1, -0.05) is 0 Å². The first kappa shape index (κ1) is 72.7. The fourth-order valence-corrected chi connectivity index (χ4v) is 0. The zero-order valence-electron chi connectivity index (χ0n) is 4.74. The molecule has 0 rings (SSSR count). The summed E-state index contributed by atoms with van der Waals surface area (Å²) >= 11 is 0. The van der Waals surface area contributed by atoms with Crippen LogP contribution in [0, 0.1) is 0 Å². The summed E-state index contributed by atoms with van der Waals surface area (Å²) in [5, 5.41) is 0. The van der Waals surface area contributed by atoms with Crippen molar-refractivity contribution >= 4 is 40.4 Å². The molecule has 0 nitrogen and oxygen atoms in total. The van der Waals surface area contributed by atoms with Crippen molar-refractivity contribution in [2.45, 2.75) is 0 Å². The minimum absolute atomic E-state index is 0. The Labute approximate surface area is 161 Å². The van der Waals surface area contributed by atoms with Gasteiger partial charge >= 0.3 is 23.1 Å². The monoisotopic (exact) mass is 724 g/mol. The van der Waals surface area contributed by atoms with Crippen molar-refractivity contribution in [3.8, 4) is 0 Å². The molecule has 8 heteroatoms. The predicted molar refractivity (Wildman–Crippen MR) is 17.9 cm³/mol. The van der Waals surface area contributed by atoms with Gasteiger partial charge in [0.1, 0.15) is 0 Å². The quantitative estimate of drug-likeness (QED) is 0.271. The summed E-state index contributed by atoms with van der Waals surface area (Å²) in [5.74, 6) is 0. The van der Waals surface area contributed by atoms with E-state index in [0.717, 1.165) is 0 Å². The van der Waals surface area contributed by atoms with Crippen molar-refractivity contribution in [3.05, 3.63) is 0 Å². The summed E-state index contributed by atoms with van der Waals surface area (Å²) in [7, 11) is 0. The van der Waals surface area contributed by atoms with Gasteiger partial charge in [0, 0.05) is 121 Å². The molecule has 0 bridgehead atoms. The van der Waals surface area contributed by atoms with Crippen molar-refractivity contribution in [2.24, 2.45) is 0 Å². The van der Waals surface area contributed by atoms with Crippen LogP contribution in [0.4, 0.5) is 0 Å². The summed E-state index contributed by atoms with van der Waals surface area (Å²) in [6, 6.07) is 0. The van der Waals surface area contributed by atoms with Gasteiger partial charge in [0.05, 0.1) is 0 Å². The van der Waals surface area contributed by atoms with Crippen LogP contribution in [0.3, 0.4) is 0 Å². The molecule has 0 heterocycles. The number of hydrogen-bond donors (Lipinski definition) is 0. The second-order valence-corrected chi connectivity index (χ2v) is 0. The van der Waals surface area contributed by atoms with Crippen molar-refractivity contribution in [1.29, 1.82) is 0 Å². The van der Waals surface area contributed by atoms with Crippen molar-refractivity contribution in [1.82, 2.24) is 0 Å². The molecular formula is H5AgAlAuCuMgNiPtTi. The summed E-state index contributed by atoms with van der Waals surface area (Å²) in [5.41, 5.74) is 0. The molecule has 0 unspecified atom stereocenters. The van der Waals surface area contributed by atoms with Gasteiger partial charge in [-0.2, -0.15) is 0 Å². The van der Waals surface area contributed by atoms with E-state index in [1.807, 2.05) is 0 Å². The smallest absolute Gasteiger partial charge is 1.00 e. The van der Waals surface area contributed by atoms with E-state index in [1.54, 1.807) is 0 Å². The molecule has 8 heavy (non-hydrogen) atoms. The molecule has 0 N–H and O–H groups in total. The number of hydrogen-bond acceptors (Lipinski definition) is 0. The Morgan fingerprint density at radius 3 is 1.12 bits per heavy atom. The van der Waals surface area contributed by atoms with Gasteiger partial charge in [0.25, 0.3) is 0 Å². The molecule has 0 aliphatic heterocycles. The van der Waals surface area contributed by atoms with Gasteiger partial charge in [-0.25, -0.2) is 0 Å². The second kappa shape index (κ2) is 56.6. The Hall–Kier alpha value is 5.19. The van der Waals surface area contributed by atoms with Gasteiger partial charge < -0.3 is 2.85 Å². The Morgan fingerprint density at radius 1 is 1.12 bits per heavy atom. The maximum absolute atomic E-state index is 0. The molecule has 0 aromatic carbocycles. The zero-order valence-corrected chi connectivity index (χ0v) is 13.6. The molecule has 0 aromatic heterocycles. The van der Waals surface area contributed by atoms with E-state index in [-0.39, 0.29) is 164 Å². The zero-order chi connectivity index (χ0) is 0. The van der Waals surface area contributed by atoms with E-state index in [9.17, 15) is 0 Å². The van der Waals surface area contributed by atoms with Crippen LogP contribution in [0.25, 0.3) is 0 Å². The Balaban J connectivity index is 0. The van der Waals surface area contributed by atoms with Crippen LogP contribution < -0.4 is 0 Å². The van der Waals surface area contributed by atoms with E-state index in [4.69, 9.17) is 0 Å². The van der Waals surface area contributed by atoms with Crippen LogP contribution in [0.5, 0.6) is 0 Å². The summed E-state index contributed by atoms with van der Waals surface area (Å²) in [6.45, 7) is 0. The van der Waals surface area contributed by atoms with Gasteiger partial charge in [-0.3, -0.25) is 0 Å². The predicted octanol–water partition coefficient (Wildman–Crippen LogP) is -1.35. The van der Waals surface area contributed by atoms with Crippen LogP contribution in [0.1, 0.15) is 2.85 Å². The molecule has 67 valence electrons. The molecule has 0 atom stereocenters. The van der Waals surface area contributed by atoms with E-state index >= 15 is 0 Å². The molecular weight excluding hydrogens is 721 g/mol. The second-order valence-electron chi connectivity index (χ2n) is 0. The summed E-state index contributed by atoms with van der Waals surface area (Å²) in [4.78, 5) is 0. The van der Waals surface area contributed by atoms with Crippen molar-refractivity contribution in [3.63, 3.8) is 0 Å².